The van der Waals surface area contributed by atoms with Crippen LogP contribution in [0.25, 0.3) is 0 Å². The van der Waals surface area contributed by atoms with Crippen LogP contribution in [0.5, 0.6) is 0 Å². The van der Waals surface area contributed by atoms with Gasteiger partial charge in [0.1, 0.15) is 12.1 Å². The Labute approximate surface area is 174 Å². The van der Waals surface area contributed by atoms with Crippen LogP contribution in [-0.2, 0) is 6.42 Å². The van der Waals surface area contributed by atoms with Gasteiger partial charge in [0.2, 0.25) is 0 Å². The molecule has 4 rings (SSSR count). The van der Waals surface area contributed by atoms with E-state index in [0.29, 0.717) is 35.6 Å². The number of aromatic nitrogens is 2. The number of rotatable bonds is 6. The minimum atomic E-state index is -1.34. The normalized spacial score (nSPS) is 13.8. The minimum Gasteiger partial charge on any atom is -0.395 e. The molecule has 1 aliphatic rings. The quantitative estimate of drug-likeness (QED) is 0.657. The molecule has 0 fully saturated rings. The number of hydrogen-bond donors (Lipinski definition) is 2. The molecule has 6 nitrogen and oxygen atoms in total. The molecule has 2 heterocycles. The van der Waals surface area contributed by atoms with Crippen molar-refractivity contribution in [3.8, 4) is 0 Å². The second-order valence-electron chi connectivity index (χ2n) is 7.26. The van der Waals surface area contributed by atoms with Crippen molar-refractivity contribution in [3.63, 3.8) is 0 Å². The Kier molecular flexibility index (Phi) is 5.72. The van der Waals surface area contributed by atoms with E-state index in [-0.39, 0.29) is 19.1 Å². The van der Waals surface area contributed by atoms with E-state index in [0.717, 1.165) is 16.8 Å². The second kappa shape index (κ2) is 8.59. The number of anilines is 2. The van der Waals surface area contributed by atoms with E-state index in [4.69, 9.17) is 5.11 Å². The highest BCUT2D eigenvalue weighted by molar-refractivity contribution is 5.98. The van der Waals surface area contributed by atoms with Crippen LogP contribution >= 0.6 is 0 Å². The third-order valence-corrected chi connectivity index (χ3v) is 5.21. The summed E-state index contributed by atoms with van der Waals surface area (Å²) in [5, 5.41) is 11.6. The number of carbonyl (C=O) groups is 1. The van der Waals surface area contributed by atoms with Gasteiger partial charge in [-0.05, 0) is 36.6 Å². The van der Waals surface area contributed by atoms with Crippen LogP contribution in [-0.4, -0.2) is 40.7 Å². The molecule has 0 aliphatic carbocycles. The number of aliphatic hydroxyl groups is 1. The second-order valence-corrected chi connectivity index (χ2v) is 7.26. The first-order valence-corrected chi connectivity index (χ1v) is 9.89. The maximum absolute atomic E-state index is 15.1. The third-order valence-electron chi connectivity index (χ3n) is 5.21. The molecule has 0 spiro atoms. The van der Waals surface area contributed by atoms with Gasteiger partial charge in [-0.3, -0.25) is 4.79 Å². The molecule has 0 radical (unpaired) electrons. The van der Waals surface area contributed by atoms with Crippen LogP contribution in [0.4, 0.5) is 15.9 Å². The van der Waals surface area contributed by atoms with Gasteiger partial charge < -0.3 is 15.3 Å². The largest absolute Gasteiger partial charge is 0.395 e. The molecule has 1 amide bonds. The van der Waals surface area contributed by atoms with Crippen molar-refractivity contribution in [2.45, 2.75) is 19.5 Å². The molecule has 1 aliphatic heterocycles. The number of amides is 1. The van der Waals surface area contributed by atoms with Crippen LogP contribution in [0.15, 0.2) is 54.9 Å². The Morgan fingerprint density at radius 2 is 2.07 bits per heavy atom. The highest BCUT2D eigenvalue weighted by atomic mass is 19.1. The van der Waals surface area contributed by atoms with E-state index >= 15 is 4.39 Å². The molecule has 0 saturated carbocycles. The number of halogens is 1. The first-order valence-electron chi connectivity index (χ1n) is 9.89. The fourth-order valence-electron chi connectivity index (χ4n) is 3.80. The van der Waals surface area contributed by atoms with E-state index in [2.05, 4.69) is 15.3 Å². The van der Waals surface area contributed by atoms with Gasteiger partial charge in [0, 0.05) is 30.4 Å². The van der Waals surface area contributed by atoms with Crippen molar-refractivity contribution in [1.82, 2.24) is 15.3 Å². The van der Waals surface area contributed by atoms with E-state index in [9.17, 15) is 4.79 Å². The summed E-state index contributed by atoms with van der Waals surface area (Å²) in [6, 6.07) is 14.5. The molecule has 0 bridgehead atoms. The molecule has 1 aromatic heterocycles. The van der Waals surface area contributed by atoms with Crippen molar-refractivity contribution in [2.24, 2.45) is 0 Å². The van der Waals surface area contributed by atoms with Crippen LogP contribution in [0.2, 0.25) is 0 Å². The first-order chi connectivity index (χ1) is 14.6. The minimum absolute atomic E-state index is 0.109. The van der Waals surface area contributed by atoms with Crippen LogP contribution < -0.4 is 10.2 Å². The Bertz CT molecular complexity index is 1070. The maximum atomic E-state index is 15.1. The smallest absolute Gasteiger partial charge is 0.251 e. The number of carbonyl (C=O) groups excluding carboxylic acids is 1. The molecule has 0 saturated heterocycles. The van der Waals surface area contributed by atoms with Gasteiger partial charge in [-0.1, -0.05) is 35.9 Å². The number of hydrogen-bond acceptors (Lipinski definition) is 5. The first kappa shape index (κ1) is 20.0. The van der Waals surface area contributed by atoms with Gasteiger partial charge in [-0.2, -0.15) is 0 Å². The summed E-state index contributed by atoms with van der Waals surface area (Å²) in [5.74, 6) is 0.386. The van der Waals surface area contributed by atoms with Crippen molar-refractivity contribution < 1.29 is 14.3 Å². The zero-order valence-corrected chi connectivity index (χ0v) is 16.7. The summed E-state index contributed by atoms with van der Waals surface area (Å²) in [6.07, 6.45) is 0.710. The number of nitrogens with zero attached hydrogens (tertiary/aromatic N) is 3. The molecule has 3 aromatic rings. The Balaban J connectivity index is 1.63. The monoisotopic (exact) mass is 406 g/mol. The SMILES string of the molecule is Cc1cccc(C(F)c2cc(N3CCc4c(C(=O)NCCO)cccc43)ncn2)c1. The highest BCUT2D eigenvalue weighted by Crippen LogP contribution is 2.36. The van der Waals surface area contributed by atoms with E-state index in [1.54, 1.807) is 18.2 Å². The van der Waals surface area contributed by atoms with E-state index < -0.39 is 6.17 Å². The molecule has 1 atom stereocenters. The molecule has 30 heavy (non-hydrogen) atoms. The van der Waals surface area contributed by atoms with Gasteiger partial charge >= 0.3 is 0 Å². The summed E-state index contributed by atoms with van der Waals surface area (Å²) in [7, 11) is 0. The zero-order valence-electron chi connectivity index (χ0n) is 16.7. The summed E-state index contributed by atoms with van der Waals surface area (Å²) < 4.78 is 15.1. The van der Waals surface area contributed by atoms with Gasteiger partial charge in [0.05, 0.1) is 12.3 Å². The summed E-state index contributed by atoms with van der Waals surface area (Å²) in [5.41, 5.74) is 4.23. The van der Waals surface area contributed by atoms with Gasteiger partial charge in [-0.25, -0.2) is 14.4 Å². The molecule has 2 aromatic carbocycles. The molecule has 2 N–H and O–H groups in total. The van der Waals surface area contributed by atoms with Crippen LogP contribution in [0, 0.1) is 6.92 Å². The molecular weight excluding hydrogens is 383 g/mol. The zero-order chi connectivity index (χ0) is 21.1. The fourth-order valence-corrected chi connectivity index (χ4v) is 3.80. The van der Waals surface area contributed by atoms with Gasteiger partial charge in [-0.15, -0.1) is 0 Å². The number of fused-ring (bicyclic) bond motifs is 1. The van der Waals surface area contributed by atoms with Crippen molar-refractivity contribution in [3.05, 3.63) is 82.8 Å². The lowest BCUT2D eigenvalue weighted by Crippen LogP contribution is -2.27. The Morgan fingerprint density at radius 1 is 1.23 bits per heavy atom. The van der Waals surface area contributed by atoms with Crippen LogP contribution in [0.1, 0.15) is 38.9 Å². The lowest BCUT2D eigenvalue weighted by atomic mass is 10.0. The van der Waals surface area contributed by atoms with Gasteiger partial charge in [0.15, 0.2) is 6.17 Å². The molecule has 1 unspecified atom stereocenters. The predicted molar refractivity (Wildman–Crippen MR) is 113 cm³/mol. The standard InChI is InChI=1S/C23H23FN4O2/c1-15-4-2-5-16(12-15)22(24)19-13-21(27-14-26-19)28-10-8-17-18(6-3-7-20(17)28)23(30)25-9-11-29/h2-7,12-14,22,29H,8-11H2,1H3,(H,25,30). The summed E-state index contributed by atoms with van der Waals surface area (Å²) >= 11 is 0. The number of alkyl halides is 1. The van der Waals surface area contributed by atoms with Crippen LogP contribution in [0.3, 0.4) is 0 Å². The molecule has 154 valence electrons. The maximum Gasteiger partial charge on any atom is 0.251 e. The summed E-state index contributed by atoms with van der Waals surface area (Å²) in [4.78, 5) is 22.9. The lowest BCUT2D eigenvalue weighted by Gasteiger charge is -2.20. The number of nitrogens with one attached hydrogen (secondary N) is 1. The van der Waals surface area contributed by atoms with Crippen molar-refractivity contribution in [1.29, 1.82) is 0 Å². The molecular formula is C23H23FN4O2. The van der Waals surface area contributed by atoms with Crippen molar-refractivity contribution in [2.75, 3.05) is 24.6 Å². The number of aryl methyl sites for hydroxylation is 1. The number of aliphatic hydroxyl groups excluding tert-OH is 1. The lowest BCUT2D eigenvalue weighted by molar-refractivity contribution is 0.0944. The Morgan fingerprint density at radius 3 is 2.87 bits per heavy atom. The highest BCUT2D eigenvalue weighted by Gasteiger charge is 2.27. The van der Waals surface area contributed by atoms with Gasteiger partial charge in [0.25, 0.3) is 5.91 Å². The summed E-state index contributed by atoms with van der Waals surface area (Å²) in [6.45, 7) is 2.66. The van der Waals surface area contributed by atoms with E-state index in [1.807, 2.05) is 42.2 Å². The third kappa shape index (κ3) is 3.89. The Hall–Kier alpha value is -3.32. The van der Waals surface area contributed by atoms with Crippen molar-refractivity contribution >= 4 is 17.4 Å². The fraction of sp³-hybridized carbons (Fsp3) is 0.261. The average Bonchev–Trinajstić information content (AvgIpc) is 3.21. The number of benzene rings is 2. The average molecular weight is 406 g/mol. The topological polar surface area (TPSA) is 78.4 Å². The predicted octanol–water partition coefficient (Wildman–Crippen LogP) is 3.26. The molecule has 7 heteroatoms. The van der Waals surface area contributed by atoms with E-state index in [1.165, 1.54) is 6.33 Å².